The van der Waals surface area contributed by atoms with Crippen LogP contribution in [0.25, 0.3) is 10.2 Å². The first kappa shape index (κ1) is 23.2. The molecule has 2 aliphatic rings. The smallest absolute Gasteiger partial charge is 0.343 e. The predicted octanol–water partition coefficient (Wildman–Crippen LogP) is 3.92. The summed E-state index contributed by atoms with van der Waals surface area (Å²) in [4.78, 5) is 19.8. The number of fused-ring (bicyclic) bond motifs is 1. The average molecular weight is 502 g/mol. The molecule has 2 aliphatic heterocycles. The van der Waals surface area contributed by atoms with E-state index in [-0.39, 0.29) is 4.90 Å². The number of sulfonamides is 1. The molecule has 0 N–H and O–H groups in total. The molecule has 5 rings (SSSR count). The van der Waals surface area contributed by atoms with Crippen LogP contribution in [0.5, 0.6) is 5.75 Å². The Morgan fingerprint density at radius 3 is 2.35 bits per heavy atom. The maximum atomic E-state index is 12.9. The Morgan fingerprint density at radius 1 is 0.941 bits per heavy atom. The van der Waals surface area contributed by atoms with Crippen LogP contribution >= 0.6 is 11.3 Å². The number of thiazole rings is 1. The topological polar surface area (TPSA) is 89.0 Å². The van der Waals surface area contributed by atoms with Crippen LogP contribution < -0.4 is 9.64 Å². The van der Waals surface area contributed by atoms with E-state index in [9.17, 15) is 13.2 Å². The Balaban J connectivity index is 1.28. The third kappa shape index (κ3) is 4.95. The molecular formula is C24H27N3O5S2. The minimum Gasteiger partial charge on any atom is -0.423 e. The van der Waals surface area contributed by atoms with Gasteiger partial charge in [-0.05, 0) is 49.2 Å². The van der Waals surface area contributed by atoms with Crippen LogP contribution in [0.4, 0.5) is 5.13 Å². The second-order valence-electron chi connectivity index (χ2n) is 8.46. The van der Waals surface area contributed by atoms with Crippen LogP contribution in [-0.4, -0.2) is 63.1 Å². The first-order chi connectivity index (χ1) is 16.5. The van der Waals surface area contributed by atoms with Crippen LogP contribution in [0.15, 0.2) is 47.4 Å². The van der Waals surface area contributed by atoms with Crippen molar-refractivity contribution in [1.82, 2.24) is 9.29 Å². The van der Waals surface area contributed by atoms with Crippen molar-refractivity contribution >= 4 is 42.7 Å². The zero-order valence-electron chi connectivity index (χ0n) is 18.8. The van der Waals surface area contributed by atoms with Gasteiger partial charge in [0.15, 0.2) is 5.13 Å². The zero-order chi connectivity index (χ0) is 23.5. The number of benzene rings is 2. The van der Waals surface area contributed by atoms with Crippen molar-refractivity contribution in [3.05, 3.63) is 48.0 Å². The van der Waals surface area contributed by atoms with E-state index in [0.29, 0.717) is 37.6 Å². The highest BCUT2D eigenvalue weighted by Crippen LogP contribution is 2.32. The summed E-state index contributed by atoms with van der Waals surface area (Å²) in [5.41, 5.74) is 1.16. The molecule has 8 nitrogen and oxygen atoms in total. The first-order valence-electron chi connectivity index (χ1n) is 11.6. The lowest BCUT2D eigenvalue weighted by molar-refractivity contribution is 0.0735. The van der Waals surface area contributed by atoms with Gasteiger partial charge in [0.25, 0.3) is 0 Å². The SMILES string of the molecule is O=C(Oc1ccc2nc(N3CCOCC3)sc2c1)c1ccc(S(=O)(=O)N2CCCCCC2)cc1. The van der Waals surface area contributed by atoms with Gasteiger partial charge in [-0.1, -0.05) is 24.2 Å². The molecule has 0 atom stereocenters. The lowest BCUT2D eigenvalue weighted by Crippen LogP contribution is -2.36. The summed E-state index contributed by atoms with van der Waals surface area (Å²) < 4.78 is 39.3. The lowest BCUT2D eigenvalue weighted by atomic mass is 10.2. The Kier molecular flexibility index (Phi) is 6.82. The van der Waals surface area contributed by atoms with Crippen molar-refractivity contribution < 1.29 is 22.7 Å². The number of morpholine rings is 1. The summed E-state index contributed by atoms with van der Waals surface area (Å²) in [7, 11) is -3.55. The Bertz CT molecular complexity index is 1260. The van der Waals surface area contributed by atoms with E-state index in [1.54, 1.807) is 21.7 Å². The fraction of sp³-hybridized carbons (Fsp3) is 0.417. The molecule has 0 aliphatic carbocycles. The van der Waals surface area contributed by atoms with Crippen molar-refractivity contribution in [1.29, 1.82) is 0 Å². The number of carbonyl (C=O) groups is 1. The van der Waals surface area contributed by atoms with E-state index in [4.69, 9.17) is 9.47 Å². The molecule has 2 aromatic carbocycles. The minimum absolute atomic E-state index is 0.202. The van der Waals surface area contributed by atoms with Crippen molar-refractivity contribution in [2.24, 2.45) is 0 Å². The van der Waals surface area contributed by atoms with E-state index < -0.39 is 16.0 Å². The maximum Gasteiger partial charge on any atom is 0.343 e. The molecule has 1 aromatic heterocycles. The number of rotatable bonds is 5. The van der Waals surface area contributed by atoms with E-state index >= 15 is 0 Å². The Morgan fingerprint density at radius 2 is 1.65 bits per heavy atom. The molecule has 0 spiro atoms. The number of anilines is 1. The zero-order valence-corrected chi connectivity index (χ0v) is 20.4. The van der Waals surface area contributed by atoms with Crippen LogP contribution in [0.3, 0.4) is 0 Å². The number of carbonyl (C=O) groups excluding carboxylic acids is 1. The highest BCUT2D eigenvalue weighted by Gasteiger charge is 2.25. The van der Waals surface area contributed by atoms with Gasteiger partial charge in [0, 0.05) is 32.2 Å². The number of hydrogen-bond donors (Lipinski definition) is 0. The number of ether oxygens (including phenoxy) is 2. The van der Waals surface area contributed by atoms with E-state index in [2.05, 4.69) is 9.88 Å². The van der Waals surface area contributed by atoms with Crippen LogP contribution in [0.2, 0.25) is 0 Å². The van der Waals surface area contributed by atoms with E-state index in [0.717, 1.165) is 54.1 Å². The summed E-state index contributed by atoms with van der Waals surface area (Å²) in [6, 6.07) is 11.4. The molecule has 3 aromatic rings. The van der Waals surface area contributed by atoms with Gasteiger partial charge in [0.05, 0.1) is 33.9 Å². The average Bonchev–Trinajstić information content (AvgIpc) is 3.08. The molecule has 2 fully saturated rings. The monoisotopic (exact) mass is 501 g/mol. The molecule has 180 valence electrons. The third-order valence-corrected chi connectivity index (χ3v) is 9.13. The molecule has 10 heteroatoms. The van der Waals surface area contributed by atoms with Crippen LogP contribution in [-0.2, 0) is 14.8 Å². The minimum atomic E-state index is -3.55. The normalized spacial score (nSPS) is 18.1. The highest BCUT2D eigenvalue weighted by molar-refractivity contribution is 7.89. The van der Waals surface area contributed by atoms with Gasteiger partial charge in [-0.25, -0.2) is 18.2 Å². The van der Waals surface area contributed by atoms with E-state index in [1.165, 1.54) is 24.3 Å². The quantitative estimate of drug-likeness (QED) is 0.387. The maximum absolute atomic E-state index is 12.9. The molecule has 0 radical (unpaired) electrons. The second-order valence-corrected chi connectivity index (χ2v) is 11.4. The largest absolute Gasteiger partial charge is 0.423 e. The summed E-state index contributed by atoms with van der Waals surface area (Å²) >= 11 is 1.56. The molecule has 0 saturated carbocycles. The molecule has 2 saturated heterocycles. The molecule has 0 bridgehead atoms. The highest BCUT2D eigenvalue weighted by atomic mass is 32.2. The van der Waals surface area contributed by atoms with Gasteiger partial charge < -0.3 is 14.4 Å². The number of nitrogens with zero attached hydrogens (tertiary/aromatic N) is 3. The third-order valence-electron chi connectivity index (χ3n) is 6.13. The lowest BCUT2D eigenvalue weighted by Gasteiger charge is -2.25. The van der Waals surface area contributed by atoms with Crippen molar-refractivity contribution in [2.45, 2.75) is 30.6 Å². The van der Waals surface area contributed by atoms with Crippen molar-refractivity contribution in [2.75, 3.05) is 44.3 Å². The first-order valence-corrected chi connectivity index (χ1v) is 13.8. The molecule has 0 amide bonds. The summed E-state index contributed by atoms with van der Waals surface area (Å²) in [5.74, 6) is -0.105. The fourth-order valence-corrected chi connectivity index (χ4v) is 6.77. The van der Waals surface area contributed by atoms with Gasteiger partial charge in [-0.15, -0.1) is 0 Å². The van der Waals surface area contributed by atoms with Crippen LogP contribution in [0.1, 0.15) is 36.0 Å². The summed E-state index contributed by atoms with van der Waals surface area (Å²) in [6.07, 6.45) is 3.86. The van der Waals surface area contributed by atoms with Gasteiger partial charge in [-0.2, -0.15) is 4.31 Å². The molecule has 3 heterocycles. The number of esters is 1. The van der Waals surface area contributed by atoms with Gasteiger partial charge in [0.2, 0.25) is 10.0 Å². The molecule has 0 unspecified atom stereocenters. The summed E-state index contributed by atoms with van der Waals surface area (Å²) in [5, 5.41) is 0.933. The van der Waals surface area contributed by atoms with Crippen molar-refractivity contribution in [3.63, 3.8) is 0 Å². The fourth-order valence-electron chi connectivity index (χ4n) is 4.21. The van der Waals surface area contributed by atoms with Gasteiger partial charge >= 0.3 is 5.97 Å². The van der Waals surface area contributed by atoms with Gasteiger partial charge in [-0.3, -0.25) is 0 Å². The van der Waals surface area contributed by atoms with Gasteiger partial charge in [0.1, 0.15) is 5.75 Å². The van der Waals surface area contributed by atoms with E-state index in [1.807, 2.05) is 12.1 Å². The number of hydrogen-bond acceptors (Lipinski definition) is 8. The van der Waals surface area contributed by atoms with Crippen molar-refractivity contribution in [3.8, 4) is 5.75 Å². The number of aromatic nitrogens is 1. The Labute approximate surface area is 203 Å². The van der Waals surface area contributed by atoms with Crippen LogP contribution in [0, 0.1) is 0 Å². The Hall–Kier alpha value is -2.53. The second kappa shape index (κ2) is 9.99. The molecular weight excluding hydrogens is 474 g/mol. The molecule has 34 heavy (non-hydrogen) atoms. The summed E-state index contributed by atoms with van der Waals surface area (Å²) in [6.45, 7) is 4.09. The predicted molar refractivity (Wildman–Crippen MR) is 131 cm³/mol. The standard InChI is InChI=1S/C24H27N3O5S2/c28-23(18-5-8-20(9-6-18)34(29,30)27-11-3-1-2-4-12-27)32-19-7-10-21-22(17-19)33-24(25-21)26-13-15-31-16-14-26/h5-10,17H,1-4,11-16H2.